The smallest absolute Gasteiger partial charge is 0.408 e. The number of aliphatic hydroxyl groups excluding tert-OH is 1. The van der Waals surface area contributed by atoms with E-state index in [9.17, 15) is 24.3 Å². The topological polar surface area (TPSA) is 131 Å². The van der Waals surface area contributed by atoms with Crippen molar-refractivity contribution in [3.8, 4) is 0 Å². The van der Waals surface area contributed by atoms with Crippen molar-refractivity contribution < 1.29 is 33.8 Å². The van der Waals surface area contributed by atoms with Crippen LogP contribution in [0.5, 0.6) is 0 Å². The highest BCUT2D eigenvalue weighted by atomic mass is 16.6. The summed E-state index contributed by atoms with van der Waals surface area (Å²) in [7, 11) is 1.17. The number of aliphatic hydroxyl groups is 1. The van der Waals surface area contributed by atoms with Crippen LogP contribution in [-0.4, -0.2) is 60.8 Å². The molecule has 0 aliphatic heterocycles. The molecular weight excluding hydrogens is 320 g/mol. The van der Waals surface area contributed by atoms with E-state index in [1.807, 2.05) is 0 Å². The van der Waals surface area contributed by atoms with E-state index in [0.29, 0.717) is 12.7 Å². The minimum absolute atomic E-state index is 0.196. The third-order valence-electron chi connectivity index (χ3n) is 2.81. The highest BCUT2D eigenvalue weighted by molar-refractivity contribution is 5.89. The van der Waals surface area contributed by atoms with Crippen LogP contribution in [0.15, 0.2) is 0 Å². The average molecular weight is 346 g/mol. The summed E-state index contributed by atoms with van der Waals surface area (Å²) in [6, 6.07) is -2.25. The Hall–Kier alpha value is -2.16. The van der Waals surface area contributed by atoms with Crippen molar-refractivity contribution >= 4 is 24.3 Å². The van der Waals surface area contributed by atoms with Gasteiger partial charge in [-0.05, 0) is 33.6 Å². The lowest BCUT2D eigenvalue weighted by Gasteiger charge is -2.23. The molecule has 0 aliphatic carbocycles. The fourth-order valence-corrected chi connectivity index (χ4v) is 1.71. The number of hydrogen-bond acceptors (Lipinski definition) is 7. The molecule has 24 heavy (non-hydrogen) atoms. The van der Waals surface area contributed by atoms with Gasteiger partial charge in [0.1, 0.15) is 24.0 Å². The Morgan fingerprint density at radius 1 is 1.17 bits per heavy atom. The van der Waals surface area contributed by atoms with Gasteiger partial charge in [-0.15, -0.1) is 0 Å². The lowest BCUT2D eigenvalue weighted by Crippen LogP contribution is -2.54. The SMILES string of the molecule is COC(=O)[C@@H](CCCC=O)NC(=O)[C@H](CO)NC(=O)OC(C)(C)C. The first-order chi connectivity index (χ1) is 11.1. The molecule has 0 aromatic carbocycles. The largest absolute Gasteiger partial charge is 0.467 e. The minimum atomic E-state index is -1.28. The number of ether oxygens (including phenoxy) is 2. The van der Waals surface area contributed by atoms with Gasteiger partial charge < -0.3 is 30.0 Å². The third-order valence-corrected chi connectivity index (χ3v) is 2.81. The van der Waals surface area contributed by atoms with Gasteiger partial charge in [0.25, 0.3) is 0 Å². The molecule has 0 saturated heterocycles. The molecule has 0 radical (unpaired) electrons. The summed E-state index contributed by atoms with van der Waals surface area (Å²) in [5, 5.41) is 13.9. The van der Waals surface area contributed by atoms with Crippen molar-refractivity contribution in [2.75, 3.05) is 13.7 Å². The monoisotopic (exact) mass is 346 g/mol. The number of methoxy groups -OCH3 is 1. The third kappa shape index (κ3) is 9.09. The number of aldehydes is 1. The number of amides is 2. The highest BCUT2D eigenvalue weighted by Gasteiger charge is 2.28. The maximum Gasteiger partial charge on any atom is 0.408 e. The summed E-state index contributed by atoms with van der Waals surface area (Å²) in [6.45, 7) is 4.29. The van der Waals surface area contributed by atoms with E-state index in [1.165, 1.54) is 7.11 Å². The normalized spacial score (nSPS) is 13.4. The van der Waals surface area contributed by atoms with Crippen molar-refractivity contribution in [2.45, 2.75) is 57.7 Å². The Balaban J connectivity index is 4.75. The number of unbranched alkanes of at least 4 members (excludes halogenated alkanes) is 1. The molecule has 9 nitrogen and oxygen atoms in total. The van der Waals surface area contributed by atoms with Gasteiger partial charge in [-0.25, -0.2) is 9.59 Å². The van der Waals surface area contributed by atoms with Crippen LogP contribution in [-0.2, 0) is 23.9 Å². The second-order valence-corrected chi connectivity index (χ2v) is 6.06. The first kappa shape index (κ1) is 21.8. The second kappa shape index (κ2) is 10.6. The van der Waals surface area contributed by atoms with Crippen LogP contribution < -0.4 is 10.6 Å². The van der Waals surface area contributed by atoms with E-state index in [1.54, 1.807) is 20.8 Å². The number of alkyl carbamates (subject to hydrolysis) is 1. The Morgan fingerprint density at radius 3 is 2.25 bits per heavy atom. The molecule has 138 valence electrons. The standard InChI is InChI=1S/C15H26N2O7/c1-15(2,3)24-14(22)17-11(9-19)12(20)16-10(13(21)23-4)7-5-6-8-18/h8,10-11,19H,5-7,9H2,1-4H3,(H,16,20)(H,17,22)/t10-,11+/m1/s1. The van der Waals surface area contributed by atoms with Crippen LogP contribution in [0.1, 0.15) is 40.0 Å². The van der Waals surface area contributed by atoms with Gasteiger partial charge in [-0.1, -0.05) is 0 Å². The number of carbonyl (C=O) groups is 4. The first-order valence-corrected chi connectivity index (χ1v) is 7.56. The molecule has 2 atom stereocenters. The number of rotatable bonds is 9. The highest BCUT2D eigenvalue weighted by Crippen LogP contribution is 2.07. The Morgan fingerprint density at radius 2 is 1.79 bits per heavy atom. The first-order valence-electron chi connectivity index (χ1n) is 7.56. The predicted octanol–water partition coefficient (Wildman–Crippen LogP) is -0.101. The van der Waals surface area contributed by atoms with E-state index in [4.69, 9.17) is 4.74 Å². The molecule has 3 N–H and O–H groups in total. The zero-order valence-corrected chi connectivity index (χ0v) is 14.5. The molecule has 0 saturated carbocycles. The number of esters is 1. The Labute approximate surface area is 141 Å². The van der Waals surface area contributed by atoms with E-state index in [-0.39, 0.29) is 12.8 Å². The predicted molar refractivity (Wildman–Crippen MR) is 84.1 cm³/mol. The zero-order chi connectivity index (χ0) is 18.8. The van der Waals surface area contributed by atoms with Crippen LogP contribution in [0, 0.1) is 0 Å². The van der Waals surface area contributed by atoms with Gasteiger partial charge in [0.2, 0.25) is 5.91 Å². The van der Waals surface area contributed by atoms with Crippen molar-refractivity contribution in [1.82, 2.24) is 10.6 Å². The summed E-state index contributed by atoms with van der Waals surface area (Å²) in [5.74, 6) is -1.44. The maximum absolute atomic E-state index is 12.1. The molecule has 0 fully saturated rings. The molecule has 2 amide bonds. The molecule has 0 bridgehead atoms. The number of carbonyl (C=O) groups excluding carboxylic acids is 4. The summed E-state index contributed by atoms with van der Waals surface area (Å²) in [4.78, 5) is 45.8. The van der Waals surface area contributed by atoms with Gasteiger partial charge in [0.15, 0.2) is 0 Å². The fourth-order valence-electron chi connectivity index (χ4n) is 1.71. The average Bonchev–Trinajstić information content (AvgIpc) is 2.49. The van der Waals surface area contributed by atoms with Gasteiger partial charge in [0, 0.05) is 6.42 Å². The summed E-state index contributed by atoms with van der Waals surface area (Å²) < 4.78 is 9.59. The lowest BCUT2D eigenvalue weighted by atomic mass is 10.1. The Bertz CT molecular complexity index is 446. The molecule has 0 aromatic heterocycles. The minimum Gasteiger partial charge on any atom is -0.467 e. The van der Waals surface area contributed by atoms with Crippen LogP contribution >= 0.6 is 0 Å². The van der Waals surface area contributed by atoms with Gasteiger partial charge in [-0.2, -0.15) is 0 Å². The van der Waals surface area contributed by atoms with Crippen LogP contribution in [0.2, 0.25) is 0 Å². The molecule has 9 heteroatoms. The van der Waals surface area contributed by atoms with Crippen molar-refractivity contribution in [3.63, 3.8) is 0 Å². The Kier molecular flexibility index (Phi) is 9.63. The van der Waals surface area contributed by atoms with Gasteiger partial charge in [0.05, 0.1) is 13.7 Å². The van der Waals surface area contributed by atoms with Crippen molar-refractivity contribution in [2.24, 2.45) is 0 Å². The summed E-state index contributed by atoms with van der Waals surface area (Å²) in [6.07, 6.45) is 0.654. The summed E-state index contributed by atoms with van der Waals surface area (Å²) in [5.41, 5.74) is -0.760. The van der Waals surface area contributed by atoms with E-state index in [0.717, 1.165) is 0 Å². The van der Waals surface area contributed by atoms with Crippen LogP contribution in [0.3, 0.4) is 0 Å². The number of hydrogen-bond donors (Lipinski definition) is 3. The van der Waals surface area contributed by atoms with Crippen LogP contribution in [0.4, 0.5) is 4.79 Å². The molecule has 0 unspecified atom stereocenters. The quantitative estimate of drug-likeness (QED) is 0.302. The zero-order valence-electron chi connectivity index (χ0n) is 14.5. The van der Waals surface area contributed by atoms with E-state index < -0.39 is 42.3 Å². The molecule has 0 heterocycles. The van der Waals surface area contributed by atoms with Crippen molar-refractivity contribution in [3.05, 3.63) is 0 Å². The van der Waals surface area contributed by atoms with Crippen molar-refractivity contribution in [1.29, 1.82) is 0 Å². The summed E-state index contributed by atoms with van der Waals surface area (Å²) >= 11 is 0. The van der Waals surface area contributed by atoms with Crippen LogP contribution in [0.25, 0.3) is 0 Å². The maximum atomic E-state index is 12.1. The number of nitrogens with one attached hydrogen (secondary N) is 2. The second-order valence-electron chi connectivity index (χ2n) is 6.06. The molecular formula is C15H26N2O7. The van der Waals surface area contributed by atoms with Gasteiger partial charge >= 0.3 is 12.1 Å². The molecule has 0 aromatic rings. The van der Waals surface area contributed by atoms with E-state index in [2.05, 4.69) is 15.4 Å². The van der Waals surface area contributed by atoms with Gasteiger partial charge in [-0.3, -0.25) is 4.79 Å². The molecule has 0 aliphatic rings. The molecule has 0 spiro atoms. The fraction of sp³-hybridized carbons (Fsp3) is 0.733. The lowest BCUT2D eigenvalue weighted by molar-refractivity contribution is -0.145. The van der Waals surface area contributed by atoms with E-state index >= 15 is 0 Å². The molecule has 0 rings (SSSR count).